The van der Waals surface area contributed by atoms with Gasteiger partial charge < -0.3 is 15.4 Å². The van der Waals surface area contributed by atoms with Crippen molar-refractivity contribution in [2.45, 2.75) is 19.5 Å². The number of rotatable bonds is 4. The normalized spacial score (nSPS) is 30.1. The van der Waals surface area contributed by atoms with Crippen LogP contribution in [0.2, 0.25) is 0 Å². The Hall–Kier alpha value is -0.420. The van der Waals surface area contributed by atoms with Gasteiger partial charge in [0.25, 0.3) is 0 Å². The number of hydrogen-bond donors (Lipinski definition) is 1. The van der Waals surface area contributed by atoms with Crippen molar-refractivity contribution < 1.29 is 4.74 Å². The fourth-order valence-electron chi connectivity index (χ4n) is 2.26. The van der Waals surface area contributed by atoms with Crippen molar-refractivity contribution in [3.63, 3.8) is 0 Å². The number of ether oxygens (including phenoxy) is 1. The lowest BCUT2D eigenvalue weighted by molar-refractivity contribution is 0.128. The van der Waals surface area contributed by atoms with E-state index in [2.05, 4.69) is 35.7 Å². The third kappa shape index (κ3) is 2.63. The van der Waals surface area contributed by atoms with Crippen LogP contribution in [0.4, 0.5) is 0 Å². The van der Waals surface area contributed by atoms with Crippen LogP contribution < -0.4 is 5.73 Å². The molecule has 1 aliphatic rings. The molecule has 3 nitrogen and oxygen atoms in total. The zero-order valence-corrected chi connectivity index (χ0v) is 10.8. The van der Waals surface area contributed by atoms with Gasteiger partial charge in [0.1, 0.15) is 0 Å². The van der Waals surface area contributed by atoms with E-state index in [0.29, 0.717) is 6.61 Å². The minimum absolute atomic E-state index is 0.102. The lowest BCUT2D eigenvalue weighted by Gasteiger charge is -2.31. The Bertz CT molecular complexity index is 328. The van der Waals surface area contributed by atoms with Crippen molar-refractivity contribution in [3.8, 4) is 0 Å². The van der Waals surface area contributed by atoms with Gasteiger partial charge in [0.2, 0.25) is 0 Å². The van der Waals surface area contributed by atoms with Crippen molar-refractivity contribution >= 4 is 11.3 Å². The van der Waals surface area contributed by atoms with Gasteiger partial charge in [-0.25, -0.2) is 0 Å². The minimum atomic E-state index is 0.102. The number of nitrogens with zero attached hydrogens (tertiary/aromatic N) is 1. The van der Waals surface area contributed by atoms with Gasteiger partial charge in [-0.1, -0.05) is 6.92 Å². The molecule has 4 heteroatoms. The van der Waals surface area contributed by atoms with Crippen LogP contribution in [-0.2, 0) is 11.3 Å². The lowest BCUT2D eigenvalue weighted by Crippen LogP contribution is -2.45. The highest BCUT2D eigenvalue weighted by Gasteiger charge is 2.38. The molecule has 16 heavy (non-hydrogen) atoms. The largest absolute Gasteiger partial charge is 0.379 e. The average Bonchev–Trinajstić information content (AvgIpc) is 2.79. The molecule has 90 valence electrons. The smallest absolute Gasteiger partial charge is 0.0624 e. The first-order chi connectivity index (χ1) is 7.60. The Morgan fingerprint density at radius 1 is 1.69 bits per heavy atom. The summed E-state index contributed by atoms with van der Waals surface area (Å²) in [7, 11) is 2.15. The summed E-state index contributed by atoms with van der Waals surface area (Å²) in [6.07, 6.45) is 0. The first-order valence-corrected chi connectivity index (χ1v) is 6.57. The van der Waals surface area contributed by atoms with Gasteiger partial charge in [0.05, 0.1) is 13.2 Å². The van der Waals surface area contributed by atoms with E-state index in [0.717, 1.165) is 19.7 Å². The average molecular weight is 240 g/mol. The second-order valence-electron chi connectivity index (χ2n) is 5.08. The van der Waals surface area contributed by atoms with Crippen LogP contribution in [0.1, 0.15) is 12.5 Å². The maximum Gasteiger partial charge on any atom is 0.0624 e. The van der Waals surface area contributed by atoms with Crippen LogP contribution in [-0.4, -0.2) is 37.7 Å². The summed E-state index contributed by atoms with van der Waals surface area (Å²) in [5.74, 6) is 0. The first kappa shape index (κ1) is 12.0. The molecule has 1 saturated heterocycles. The molecule has 2 unspecified atom stereocenters. The second-order valence-corrected chi connectivity index (χ2v) is 5.86. The summed E-state index contributed by atoms with van der Waals surface area (Å²) in [6, 6.07) is 2.34. The molecular formula is C12H20N2OS. The third-order valence-corrected chi connectivity index (χ3v) is 4.02. The molecule has 2 atom stereocenters. The summed E-state index contributed by atoms with van der Waals surface area (Å²) in [5, 5.41) is 4.32. The molecule has 1 fully saturated rings. The molecule has 1 aromatic rings. The summed E-state index contributed by atoms with van der Waals surface area (Å²) >= 11 is 1.75. The second kappa shape index (κ2) is 4.84. The highest BCUT2D eigenvalue weighted by molar-refractivity contribution is 7.07. The Balaban J connectivity index is 1.89. The quantitative estimate of drug-likeness (QED) is 0.867. The fraction of sp³-hybridized carbons (Fsp3) is 0.667. The van der Waals surface area contributed by atoms with Crippen LogP contribution >= 0.6 is 11.3 Å². The van der Waals surface area contributed by atoms with E-state index in [1.165, 1.54) is 5.56 Å². The standard InChI is InChI=1S/C12H20N2OS/c1-12(9-15-6-11(12)13)8-14(2)5-10-3-4-16-7-10/h3-4,7,11H,5-6,8-9,13H2,1-2H3. The van der Waals surface area contributed by atoms with E-state index in [4.69, 9.17) is 10.5 Å². The molecule has 2 N–H and O–H groups in total. The maximum atomic E-state index is 6.09. The molecule has 1 aromatic heterocycles. The van der Waals surface area contributed by atoms with Crippen molar-refractivity contribution in [1.29, 1.82) is 0 Å². The summed E-state index contributed by atoms with van der Waals surface area (Å²) in [4.78, 5) is 2.33. The molecule has 0 saturated carbocycles. The van der Waals surface area contributed by atoms with Gasteiger partial charge in [-0.3, -0.25) is 0 Å². The summed E-state index contributed by atoms with van der Waals surface area (Å²) in [6.45, 7) is 5.68. The summed E-state index contributed by atoms with van der Waals surface area (Å²) in [5.41, 5.74) is 7.57. The topological polar surface area (TPSA) is 38.5 Å². The minimum Gasteiger partial charge on any atom is -0.379 e. The van der Waals surface area contributed by atoms with Crippen molar-refractivity contribution in [1.82, 2.24) is 4.90 Å². The van der Waals surface area contributed by atoms with Gasteiger partial charge in [0, 0.05) is 24.5 Å². The number of hydrogen-bond acceptors (Lipinski definition) is 4. The molecule has 0 aliphatic carbocycles. The summed E-state index contributed by atoms with van der Waals surface area (Å²) < 4.78 is 5.46. The molecule has 0 radical (unpaired) electrons. The van der Waals surface area contributed by atoms with Crippen LogP contribution in [0.5, 0.6) is 0 Å². The van der Waals surface area contributed by atoms with Gasteiger partial charge in [-0.15, -0.1) is 0 Å². The highest BCUT2D eigenvalue weighted by Crippen LogP contribution is 2.28. The lowest BCUT2D eigenvalue weighted by atomic mass is 9.85. The van der Waals surface area contributed by atoms with Gasteiger partial charge >= 0.3 is 0 Å². The third-order valence-electron chi connectivity index (χ3n) is 3.29. The molecule has 0 aromatic carbocycles. The Morgan fingerprint density at radius 3 is 3.06 bits per heavy atom. The van der Waals surface area contributed by atoms with E-state index >= 15 is 0 Å². The van der Waals surface area contributed by atoms with Crippen LogP contribution in [0, 0.1) is 5.41 Å². The maximum absolute atomic E-state index is 6.09. The van der Waals surface area contributed by atoms with E-state index in [1.807, 2.05) is 0 Å². The Labute approximate surface area is 101 Å². The van der Waals surface area contributed by atoms with E-state index in [-0.39, 0.29) is 11.5 Å². The molecular weight excluding hydrogens is 220 g/mol. The predicted octanol–water partition coefficient (Wildman–Crippen LogP) is 1.54. The first-order valence-electron chi connectivity index (χ1n) is 5.63. The van der Waals surface area contributed by atoms with Crippen LogP contribution in [0.15, 0.2) is 16.8 Å². The molecule has 0 bridgehead atoms. The number of thiophene rings is 1. The predicted molar refractivity (Wildman–Crippen MR) is 67.6 cm³/mol. The Morgan fingerprint density at radius 2 is 2.50 bits per heavy atom. The van der Waals surface area contributed by atoms with Crippen LogP contribution in [0.3, 0.4) is 0 Å². The molecule has 1 aliphatic heterocycles. The fourth-order valence-corrected chi connectivity index (χ4v) is 2.92. The highest BCUT2D eigenvalue weighted by atomic mass is 32.1. The molecule has 2 rings (SSSR count). The molecule has 0 amide bonds. The zero-order chi connectivity index (χ0) is 11.6. The van der Waals surface area contributed by atoms with Gasteiger partial charge in [0.15, 0.2) is 0 Å². The Kier molecular flexibility index (Phi) is 3.64. The number of nitrogens with two attached hydrogens (primary N) is 1. The van der Waals surface area contributed by atoms with E-state index in [9.17, 15) is 0 Å². The van der Waals surface area contributed by atoms with Gasteiger partial charge in [-0.05, 0) is 29.4 Å². The van der Waals surface area contributed by atoms with Crippen molar-refractivity contribution in [2.75, 3.05) is 26.8 Å². The van der Waals surface area contributed by atoms with Crippen molar-refractivity contribution in [3.05, 3.63) is 22.4 Å². The van der Waals surface area contributed by atoms with Crippen molar-refractivity contribution in [2.24, 2.45) is 11.1 Å². The van der Waals surface area contributed by atoms with Gasteiger partial charge in [-0.2, -0.15) is 11.3 Å². The molecule has 0 spiro atoms. The zero-order valence-electron chi connectivity index (χ0n) is 9.98. The van der Waals surface area contributed by atoms with E-state index < -0.39 is 0 Å². The van der Waals surface area contributed by atoms with E-state index in [1.54, 1.807) is 11.3 Å². The van der Waals surface area contributed by atoms with Crippen LogP contribution in [0.25, 0.3) is 0 Å². The SMILES string of the molecule is CN(Cc1ccsc1)CC1(C)COCC1N. The monoisotopic (exact) mass is 240 g/mol. The molecule has 2 heterocycles.